The Kier molecular flexibility index (Phi) is 4.18. The Morgan fingerprint density at radius 1 is 1.29 bits per heavy atom. The van der Waals surface area contributed by atoms with E-state index in [-0.39, 0.29) is 11.9 Å². The summed E-state index contributed by atoms with van der Waals surface area (Å²) in [5.74, 6) is -0.306. The highest BCUT2D eigenvalue weighted by molar-refractivity contribution is 9.10. The third-order valence-corrected chi connectivity index (χ3v) is 3.77. The third-order valence-electron chi connectivity index (χ3n) is 3.25. The van der Waals surface area contributed by atoms with Crippen LogP contribution < -0.4 is 11.1 Å². The highest BCUT2D eigenvalue weighted by atomic mass is 79.9. The Morgan fingerprint density at radius 3 is 2.41 bits per heavy atom. The Bertz CT molecular complexity index is 385. The summed E-state index contributed by atoms with van der Waals surface area (Å²) in [7, 11) is 0. The van der Waals surface area contributed by atoms with Gasteiger partial charge in [0.1, 0.15) is 6.04 Å². The van der Waals surface area contributed by atoms with Crippen LogP contribution in [0.1, 0.15) is 37.3 Å². The van der Waals surface area contributed by atoms with E-state index in [4.69, 9.17) is 5.73 Å². The normalized spacial score (nSPS) is 18.2. The standard InChI is InChI=1S/C13H17BrN2O/c14-10-7-5-9(6-8-10)12(13(15)17)16-11-3-1-2-4-11/h5-8,11-12,16H,1-4H2,(H2,15,17)/t12-/m0/s1. The molecule has 0 aromatic heterocycles. The molecule has 1 aromatic carbocycles. The van der Waals surface area contributed by atoms with Crippen molar-refractivity contribution in [1.82, 2.24) is 5.32 Å². The van der Waals surface area contributed by atoms with Crippen LogP contribution in [0.4, 0.5) is 0 Å². The molecule has 1 atom stereocenters. The second kappa shape index (κ2) is 5.65. The molecule has 1 aliphatic carbocycles. The molecular formula is C13H17BrN2O. The molecule has 1 aromatic rings. The molecule has 0 saturated heterocycles. The maximum absolute atomic E-state index is 11.5. The smallest absolute Gasteiger partial charge is 0.239 e. The topological polar surface area (TPSA) is 55.1 Å². The molecule has 0 radical (unpaired) electrons. The summed E-state index contributed by atoms with van der Waals surface area (Å²) in [6.07, 6.45) is 4.76. The lowest BCUT2D eigenvalue weighted by molar-refractivity contribution is -0.120. The van der Waals surface area contributed by atoms with E-state index in [0.29, 0.717) is 6.04 Å². The molecule has 17 heavy (non-hydrogen) atoms. The van der Waals surface area contributed by atoms with Gasteiger partial charge in [-0.1, -0.05) is 40.9 Å². The van der Waals surface area contributed by atoms with Crippen molar-refractivity contribution >= 4 is 21.8 Å². The van der Waals surface area contributed by atoms with Gasteiger partial charge in [-0.05, 0) is 30.5 Å². The van der Waals surface area contributed by atoms with E-state index in [1.807, 2.05) is 24.3 Å². The van der Waals surface area contributed by atoms with Crippen molar-refractivity contribution in [2.75, 3.05) is 0 Å². The lowest BCUT2D eigenvalue weighted by Gasteiger charge is -2.20. The van der Waals surface area contributed by atoms with Gasteiger partial charge in [0.15, 0.2) is 0 Å². The number of amides is 1. The van der Waals surface area contributed by atoms with Gasteiger partial charge >= 0.3 is 0 Å². The molecule has 4 heteroatoms. The molecule has 0 spiro atoms. The molecule has 1 saturated carbocycles. The van der Waals surface area contributed by atoms with Gasteiger partial charge in [0, 0.05) is 10.5 Å². The van der Waals surface area contributed by atoms with Gasteiger partial charge in [0.05, 0.1) is 0 Å². The number of primary amides is 1. The average Bonchev–Trinajstić information content (AvgIpc) is 2.80. The van der Waals surface area contributed by atoms with Crippen molar-refractivity contribution in [3.05, 3.63) is 34.3 Å². The number of carbonyl (C=O) groups is 1. The van der Waals surface area contributed by atoms with E-state index in [2.05, 4.69) is 21.2 Å². The van der Waals surface area contributed by atoms with Crippen LogP contribution in [-0.2, 0) is 4.79 Å². The van der Waals surface area contributed by atoms with Crippen LogP contribution >= 0.6 is 15.9 Å². The van der Waals surface area contributed by atoms with E-state index >= 15 is 0 Å². The number of halogens is 1. The maximum atomic E-state index is 11.5. The zero-order valence-corrected chi connectivity index (χ0v) is 11.2. The van der Waals surface area contributed by atoms with Gasteiger partial charge in [0.2, 0.25) is 5.91 Å². The number of nitrogens with one attached hydrogen (secondary N) is 1. The molecule has 3 N–H and O–H groups in total. The van der Waals surface area contributed by atoms with Crippen molar-refractivity contribution in [1.29, 1.82) is 0 Å². The minimum Gasteiger partial charge on any atom is -0.368 e. The van der Waals surface area contributed by atoms with Crippen LogP contribution in [0.25, 0.3) is 0 Å². The Balaban J connectivity index is 2.10. The molecule has 0 heterocycles. The maximum Gasteiger partial charge on any atom is 0.239 e. The Hall–Kier alpha value is -0.870. The van der Waals surface area contributed by atoms with Crippen molar-refractivity contribution < 1.29 is 4.79 Å². The van der Waals surface area contributed by atoms with Crippen LogP contribution in [0.2, 0.25) is 0 Å². The molecule has 1 amide bonds. The summed E-state index contributed by atoms with van der Waals surface area (Å²) < 4.78 is 1.00. The molecule has 1 fully saturated rings. The van der Waals surface area contributed by atoms with E-state index in [1.165, 1.54) is 12.8 Å². The quantitative estimate of drug-likeness (QED) is 0.897. The number of carbonyl (C=O) groups excluding carboxylic acids is 1. The molecule has 2 rings (SSSR count). The average molecular weight is 297 g/mol. The van der Waals surface area contributed by atoms with Crippen molar-refractivity contribution in [3.63, 3.8) is 0 Å². The van der Waals surface area contributed by atoms with Crippen LogP contribution in [0.3, 0.4) is 0 Å². The first-order chi connectivity index (χ1) is 8.16. The SMILES string of the molecule is NC(=O)[C@@H](NC1CCCC1)c1ccc(Br)cc1. The minimum absolute atomic E-state index is 0.306. The first-order valence-corrected chi connectivity index (χ1v) is 6.77. The Labute approximate surface area is 110 Å². The summed E-state index contributed by atoms with van der Waals surface area (Å²) in [6.45, 7) is 0. The minimum atomic E-state index is -0.369. The number of rotatable bonds is 4. The fourth-order valence-electron chi connectivity index (χ4n) is 2.33. The highest BCUT2D eigenvalue weighted by Crippen LogP contribution is 2.23. The summed E-state index contributed by atoms with van der Waals surface area (Å²) in [4.78, 5) is 11.5. The van der Waals surface area contributed by atoms with Gasteiger partial charge in [-0.3, -0.25) is 10.1 Å². The van der Waals surface area contributed by atoms with Crippen LogP contribution in [0, 0.1) is 0 Å². The van der Waals surface area contributed by atoms with Gasteiger partial charge in [-0.2, -0.15) is 0 Å². The second-order valence-electron chi connectivity index (χ2n) is 4.53. The predicted molar refractivity (Wildman–Crippen MR) is 71.5 cm³/mol. The lowest BCUT2D eigenvalue weighted by atomic mass is 10.0. The van der Waals surface area contributed by atoms with E-state index < -0.39 is 0 Å². The van der Waals surface area contributed by atoms with Crippen molar-refractivity contribution in [3.8, 4) is 0 Å². The predicted octanol–water partition coefficient (Wildman–Crippen LogP) is 2.51. The van der Waals surface area contributed by atoms with Crippen molar-refractivity contribution in [2.24, 2.45) is 5.73 Å². The zero-order chi connectivity index (χ0) is 12.3. The Morgan fingerprint density at radius 2 is 1.88 bits per heavy atom. The number of benzene rings is 1. The molecular weight excluding hydrogens is 280 g/mol. The highest BCUT2D eigenvalue weighted by Gasteiger charge is 2.23. The fraction of sp³-hybridized carbons (Fsp3) is 0.462. The summed E-state index contributed by atoms with van der Waals surface area (Å²) >= 11 is 3.38. The summed E-state index contributed by atoms with van der Waals surface area (Å²) in [5, 5.41) is 3.36. The number of nitrogens with two attached hydrogens (primary N) is 1. The van der Waals surface area contributed by atoms with Gasteiger partial charge < -0.3 is 5.73 Å². The van der Waals surface area contributed by atoms with Crippen LogP contribution in [0.15, 0.2) is 28.7 Å². The lowest BCUT2D eigenvalue weighted by Crippen LogP contribution is -2.38. The van der Waals surface area contributed by atoms with E-state index in [9.17, 15) is 4.79 Å². The molecule has 3 nitrogen and oxygen atoms in total. The number of hydrogen-bond acceptors (Lipinski definition) is 2. The zero-order valence-electron chi connectivity index (χ0n) is 9.66. The third kappa shape index (κ3) is 3.30. The number of hydrogen-bond donors (Lipinski definition) is 2. The van der Waals surface area contributed by atoms with E-state index in [0.717, 1.165) is 22.9 Å². The van der Waals surface area contributed by atoms with Gasteiger partial charge in [0.25, 0.3) is 0 Å². The summed E-state index contributed by atoms with van der Waals surface area (Å²) in [5.41, 5.74) is 6.41. The van der Waals surface area contributed by atoms with Crippen molar-refractivity contribution in [2.45, 2.75) is 37.8 Å². The van der Waals surface area contributed by atoms with Crippen LogP contribution in [-0.4, -0.2) is 11.9 Å². The second-order valence-corrected chi connectivity index (χ2v) is 5.45. The van der Waals surface area contributed by atoms with E-state index in [1.54, 1.807) is 0 Å². The summed E-state index contributed by atoms with van der Waals surface area (Å²) in [6, 6.07) is 7.79. The molecule has 92 valence electrons. The monoisotopic (exact) mass is 296 g/mol. The molecule has 0 bridgehead atoms. The molecule has 0 aliphatic heterocycles. The molecule has 1 aliphatic rings. The van der Waals surface area contributed by atoms with Gasteiger partial charge in [-0.25, -0.2) is 0 Å². The van der Waals surface area contributed by atoms with Gasteiger partial charge in [-0.15, -0.1) is 0 Å². The largest absolute Gasteiger partial charge is 0.368 e. The molecule has 0 unspecified atom stereocenters. The first-order valence-electron chi connectivity index (χ1n) is 5.97. The fourth-order valence-corrected chi connectivity index (χ4v) is 2.59. The first kappa shape index (κ1) is 12.6. The van der Waals surface area contributed by atoms with Crippen LogP contribution in [0.5, 0.6) is 0 Å².